The fourth-order valence-electron chi connectivity index (χ4n) is 2.33. The number of fused-ring (bicyclic) bond motifs is 1. The SMILES string of the molecule is Fc1cc(F)c2c(F)ccc(-c3ccc(F)c(F)c3F)c2c1. The van der Waals surface area contributed by atoms with Crippen molar-refractivity contribution in [3.05, 3.63) is 71.3 Å². The minimum atomic E-state index is -1.72. The van der Waals surface area contributed by atoms with Crippen molar-refractivity contribution in [3.8, 4) is 11.1 Å². The van der Waals surface area contributed by atoms with Crippen molar-refractivity contribution >= 4 is 10.8 Å². The molecule has 0 aromatic heterocycles. The lowest BCUT2D eigenvalue weighted by Crippen LogP contribution is -1.96. The average molecular weight is 312 g/mol. The van der Waals surface area contributed by atoms with Crippen LogP contribution in [0.15, 0.2) is 36.4 Å². The lowest BCUT2D eigenvalue weighted by atomic mass is 9.97. The predicted octanol–water partition coefficient (Wildman–Crippen LogP) is 5.34. The molecule has 0 bridgehead atoms. The molecule has 3 rings (SSSR count). The molecule has 3 aromatic carbocycles. The molecule has 0 amide bonds. The molecule has 0 nitrogen and oxygen atoms in total. The zero-order valence-electron chi connectivity index (χ0n) is 10.7. The van der Waals surface area contributed by atoms with Gasteiger partial charge in [0.2, 0.25) is 0 Å². The average Bonchev–Trinajstić information content (AvgIpc) is 2.45. The van der Waals surface area contributed by atoms with Gasteiger partial charge in [-0.2, -0.15) is 0 Å². The predicted molar refractivity (Wildman–Crippen MR) is 69.1 cm³/mol. The summed E-state index contributed by atoms with van der Waals surface area (Å²) in [6.07, 6.45) is 0. The van der Waals surface area contributed by atoms with Crippen molar-refractivity contribution in [1.29, 1.82) is 0 Å². The van der Waals surface area contributed by atoms with E-state index in [1.807, 2.05) is 0 Å². The third kappa shape index (κ3) is 2.11. The van der Waals surface area contributed by atoms with Gasteiger partial charge in [-0.3, -0.25) is 0 Å². The molecular weight excluding hydrogens is 306 g/mol. The summed E-state index contributed by atoms with van der Waals surface area (Å²) in [5, 5.41) is -0.828. The number of hydrogen-bond donors (Lipinski definition) is 0. The standard InChI is InChI=1S/C16H6F6/c17-7-5-10-8(1-3-11(18)14(10)13(20)6-7)9-2-4-12(19)16(22)15(9)21/h1-6H. The summed E-state index contributed by atoms with van der Waals surface area (Å²) in [5.41, 5.74) is -0.569. The highest BCUT2D eigenvalue weighted by Gasteiger charge is 2.19. The Balaban J connectivity index is 2.43. The van der Waals surface area contributed by atoms with Gasteiger partial charge in [0.1, 0.15) is 17.5 Å². The van der Waals surface area contributed by atoms with E-state index in [9.17, 15) is 26.3 Å². The smallest absolute Gasteiger partial charge is 0.195 e. The number of hydrogen-bond acceptors (Lipinski definition) is 0. The van der Waals surface area contributed by atoms with Crippen LogP contribution in [-0.4, -0.2) is 0 Å². The fraction of sp³-hybridized carbons (Fsp3) is 0. The Morgan fingerprint density at radius 2 is 1.18 bits per heavy atom. The largest absolute Gasteiger partial charge is 0.207 e. The van der Waals surface area contributed by atoms with Crippen molar-refractivity contribution in [1.82, 2.24) is 0 Å². The van der Waals surface area contributed by atoms with Gasteiger partial charge >= 0.3 is 0 Å². The van der Waals surface area contributed by atoms with Crippen molar-refractivity contribution in [2.45, 2.75) is 0 Å². The Labute approximate surface area is 120 Å². The summed E-state index contributed by atoms with van der Waals surface area (Å²) in [6, 6.07) is 4.78. The molecule has 0 saturated heterocycles. The monoisotopic (exact) mass is 312 g/mol. The van der Waals surface area contributed by atoms with Gasteiger partial charge in [-0.1, -0.05) is 6.07 Å². The number of halogens is 6. The molecule has 0 unspecified atom stereocenters. The highest BCUT2D eigenvalue weighted by molar-refractivity contribution is 5.97. The first-order valence-corrected chi connectivity index (χ1v) is 6.11. The summed E-state index contributed by atoms with van der Waals surface area (Å²) in [4.78, 5) is 0. The summed E-state index contributed by atoms with van der Waals surface area (Å²) in [6.45, 7) is 0. The Kier molecular flexibility index (Phi) is 3.31. The highest BCUT2D eigenvalue weighted by Crippen LogP contribution is 2.34. The zero-order chi connectivity index (χ0) is 16.0. The van der Waals surface area contributed by atoms with E-state index in [2.05, 4.69) is 0 Å². The summed E-state index contributed by atoms with van der Waals surface area (Å²) >= 11 is 0. The van der Waals surface area contributed by atoms with Gasteiger partial charge in [0.15, 0.2) is 17.5 Å². The van der Waals surface area contributed by atoms with Crippen LogP contribution >= 0.6 is 0 Å². The van der Waals surface area contributed by atoms with Crippen LogP contribution in [0.3, 0.4) is 0 Å². The molecule has 6 heteroatoms. The van der Waals surface area contributed by atoms with Gasteiger partial charge in [-0.25, -0.2) is 26.3 Å². The molecule has 22 heavy (non-hydrogen) atoms. The van der Waals surface area contributed by atoms with Gasteiger partial charge in [0.25, 0.3) is 0 Å². The van der Waals surface area contributed by atoms with Crippen LogP contribution in [0.5, 0.6) is 0 Å². The van der Waals surface area contributed by atoms with E-state index in [0.717, 1.165) is 24.3 Å². The number of rotatable bonds is 1. The van der Waals surface area contributed by atoms with Crippen LogP contribution in [0, 0.1) is 34.9 Å². The van der Waals surface area contributed by atoms with E-state index in [4.69, 9.17) is 0 Å². The molecule has 0 aliphatic heterocycles. The maximum atomic E-state index is 13.9. The van der Waals surface area contributed by atoms with Crippen molar-refractivity contribution in [2.24, 2.45) is 0 Å². The van der Waals surface area contributed by atoms with E-state index >= 15 is 0 Å². The lowest BCUT2D eigenvalue weighted by Gasteiger charge is -2.10. The lowest BCUT2D eigenvalue weighted by molar-refractivity contribution is 0.449. The Hall–Kier alpha value is -2.50. The molecule has 0 fully saturated rings. The molecule has 0 N–H and O–H groups in total. The second-order valence-electron chi connectivity index (χ2n) is 4.63. The minimum absolute atomic E-state index is 0.147. The van der Waals surface area contributed by atoms with Crippen LogP contribution in [0.1, 0.15) is 0 Å². The molecule has 0 radical (unpaired) electrons. The molecule has 112 valence electrons. The molecule has 0 heterocycles. The molecule has 0 aliphatic rings. The van der Waals surface area contributed by atoms with Gasteiger partial charge in [-0.15, -0.1) is 0 Å². The summed E-state index contributed by atoms with van der Waals surface area (Å²) in [7, 11) is 0. The van der Waals surface area contributed by atoms with Crippen LogP contribution in [0.2, 0.25) is 0 Å². The van der Waals surface area contributed by atoms with Crippen LogP contribution in [-0.2, 0) is 0 Å². The second-order valence-corrected chi connectivity index (χ2v) is 4.63. The number of benzene rings is 3. The van der Waals surface area contributed by atoms with Crippen molar-refractivity contribution in [2.75, 3.05) is 0 Å². The molecule has 0 atom stereocenters. The fourth-order valence-corrected chi connectivity index (χ4v) is 2.33. The van der Waals surface area contributed by atoms with Gasteiger partial charge in [0.05, 0.1) is 5.39 Å². The first-order valence-electron chi connectivity index (χ1n) is 6.11. The third-order valence-corrected chi connectivity index (χ3v) is 3.31. The van der Waals surface area contributed by atoms with Crippen LogP contribution in [0.25, 0.3) is 21.9 Å². The van der Waals surface area contributed by atoms with Gasteiger partial charge in [-0.05, 0) is 35.2 Å². The first-order chi connectivity index (χ1) is 10.4. The van der Waals surface area contributed by atoms with Crippen LogP contribution in [0.4, 0.5) is 26.3 Å². The third-order valence-electron chi connectivity index (χ3n) is 3.31. The molecule has 0 spiro atoms. The second kappa shape index (κ2) is 5.05. The Morgan fingerprint density at radius 1 is 0.545 bits per heavy atom. The molecule has 0 saturated carbocycles. The van der Waals surface area contributed by atoms with E-state index in [-0.39, 0.29) is 10.9 Å². The van der Waals surface area contributed by atoms with Crippen LogP contribution < -0.4 is 0 Å². The first kappa shape index (κ1) is 14.4. The topological polar surface area (TPSA) is 0 Å². The van der Waals surface area contributed by atoms with Gasteiger partial charge in [0, 0.05) is 11.6 Å². The Morgan fingerprint density at radius 3 is 1.91 bits per heavy atom. The molecular formula is C16H6F6. The molecule has 3 aromatic rings. The van der Waals surface area contributed by atoms with E-state index < -0.39 is 45.9 Å². The molecule has 0 aliphatic carbocycles. The van der Waals surface area contributed by atoms with Crippen molar-refractivity contribution in [3.63, 3.8) is 0 Å². The van der Waals surface area contributed by atoms with E-state index in [1.165, 1.54) is 0 Å². The maximum Gasteiger partial charge on any atom is 0.195 e. The minimum Gasteiger partial charge on any atom is -0.207 e. The Bertz CT molecular complexity index is 901. The van der Waals surface area contributed by atoms with E-state index in [1.54, 1.807) is 0 Å². The normalized spacial score (nSPS) is 11.2. The highest BCUT2D eigenvalue weighted by atomic mass is 19.2. The summed E-state index contributed by atoms with van der Waals surface area (Å²) < 4.78 is 81.1. The van der Waals surface area contributed by atoms with Crippen molar-refractivity contribution < 1.29 is 26.3 Å². The van der Waals surface area contributed by atoms with E-state index in [0.29, 0.717) is 12.1 Å². The summed E-state index contributed by atoms with van der Waals surface area (Å²) in [5.74, 6) is -7.77. The maximum absolute atomic E-state index is 13.9. The quantitative estimate of drug-likeness (QED) is 0.420. The zero-order valence-corrected chi connectivity index (χ0v) is 10.7. The van der Waals surface area contributed by atoms with Gasteiger partial charge < -0.3 is 0 Å².